The van der Waals surface area contributed by atoms with E-state index in [0.717, 1.165) is 49.1 Å². The summed E-state index contributed by atoms with van der Waals surface area (Å²) in [6.45, 7) is 3.21. The van der Waals surface area contributed by atoms with Gasteiger partial charge in [0.05, 0.1) is 21.7 Å². The largest absolute Gasteiger partial charge is 0.439 e. The van der Waals surface area contributed by atoms with Gasteiger partial charge in [0.2, 0.25) is 5.82 Å². The first-order chi connectivity index (χ1) is 20.0. The number of hydrogen-bond donors (Lipinski definition) is 1. The zero-order valence-corrected chi connectivity index (χ0v) is 23.3. The van der Waals surface area contributed by atoms with Crippen molar-refractivity contribution < 1.29 is 9.26 Å². The highest BCUT2D eigenvalue weighted by atomic mass is 35.5. The maximum Gasteiger partial charge on any atom is 0.439 e. The molecule has 1 unspecified atom stereocenters. The highest BCUT2D eigenvalue weighted by molar-refractivity contribution is 6.30. The van der Waals surface area contributed by atoms with Gasteiger partial charge in [0.25, 0.3) is 0 Å². The van der Waals surface area contributed by atoms with E-state index in [0.29, 0.717) is 45.9 Å². The van der Waals surface area contributed by atoms with Crippen LogP contribution in [0.5, 0.6) is 0 Å². The first-order valence-electron chi connectivity index (χ1n) is 13.7. The fraction of sp³-hybridized carbons (Fsp3) is 0.323. The lowest BCUT2D eigenvalue weighted by Crippen LogP contribution is -2.21. The predicted molar refractivity (Wildman–Crippen MR) is 156 cm³/mol. The molecule has 0 radical (unpaired) electrons. The summed E-state index contributed by atoms with van der Waals surface area (Å²) in [4.78, 5) is 28.8. The summed E-state index contributed by atoms with van der Waals surface area (Å²) < 4.78 is 13.4. The smallest absolute Gasteiger partial charge is 0.366 e. The monoisotopic (exact) mass is 568 g/mol. The number of halogens is 1. The van der Waals surface area contributed by atoms with Gasteiger partial charge in [0, 0.05) is 37.0 Å². The highest BCUT2D eigenvalue weighted by Crippen LogP contribution is 2.38. The minimum atomic E-state index is -0.665. The van der Waals surface area contributed by atoms with E-state index in [9.17, 15) is 4.79 Å². The van der Waals surface area contributed by atoms with E-state index in [2.05, 4.69) is 25.6 Å². The quantitative estimate of drug-likeness (QED) is 0.227. The normalized spacial score (nSPS) is 17.9. The Balaban J connectivity index is 1.60. The molecule has 1 N–H and O–H groups in total. The molecule has 4 heterocycles. The summed E-state index contributed by atoms with van der Waals surface area (Å²) in [5.74, 6) is 3.99. The average Bonchev–Trinajstić information content (AvgIpc) is 3.59. The van der Waals surface area contributed by atoms with E-state index in [1.165, 1.54) is 0 Å². The second-order valence-electron chi connectivity index (χ2n) is 10.3. The molecular weight excluding hydrogens is 540 g/mol. The first kappa shape index (κ1) is 26.9. The molecule has 5 aromatic rings. The number of benzene rings is 1. The van der Waals surface area contributed by atoms with Crippen molar-refractivity contribution in [1.82, 2.24) is 29.7 Å². The second kappa shape index (κ2) is 11.7. The molecule has 1 saturated carbocycles. The average molecular weight is 569 g/mol. The number of ether oxygens (including phenoxy) is 1. The molecule has 208 valence electrons. The molecule has 4 aromatic heterocycles. The molecule has 0 spiro atoms. The van der Waals surface area contributed by atoms with Crippen LogP contribution in [-0.2, 0) is 11.3 Å². The summed E-state index contributed by atoms with van der Waals surface area (Å²) in [5.41, 5.74) is 4.26. The van der Waals surface area contributed by atoms with Gasteiger partial charge in [-0.05, 0) is 56.2 Å². The van der Waals surface area contributed by atoms with Crippen molar-refractivity contribution in [2.75, 3.05) is 6.61 Å². The molecule has 1 atom stereocenters. The van der Waals surface area contributed by atoms with Gasteiger partial charge in [-0.1, -0.05) is 47.1 Å². The number of H-pyrrole nitrogens is 1. The molecule has 0 amide bonds. The van der Waals surface area contributed by atoms with Crippen LogP contribution in [0.2, 0.25) is 5.02 Å². The molecule has 1 aromatic carbocycles. The standard InChI is InChI=1S/C31H29ClN6O3/c1-3-19-10-12-20(13-11-19)18-38-27-24(35-30(38)28(40-4-2)21-8-6-5-7-9-21)15-25(29-36-31(39)41-37-29)34-26(27)22-14-23(32)17-33-16-22/h1,5-9,14-17,19-20,28H,4,10-13,18H2,2H3,(H,36,37,39). The Morgan fingerprint density at radius 3 is 2.66 bits per heavy atom. The fourth-order valence-corrected chi connectivity index (χ4v) is 5.82. The Labute approximate surface area is 241 Å². The molecule has 0 saturated heterocycles. The molecule has 41 heavy (non-hydrogen) atoms. The fourth-order valence-electron chi connectivity index (χ4n) is 5.65. The van der Waals surface area contributed by atoms with Crippen LogP contribution in [-0.4, -0.2) is 36.3 Å². The third kappa shape index (κ3) is 5.53. The van der Waals surface area contributed by atoms with Gasteiger partial charge >= 0.3 is 5.76 Å². The lowest BCUT2D eigenvalue weighted by molar-refractivity contribution is 0.0817. The molecule has 1 fully saturated rings. The van der Waals surface area contributed by atoms with Crippen molar-refractivity contribution in [3.05, 3.63) is 81.8 Å². The lowest BCUT2D eigenvalue weighted by Gasteiger charge is -2.28. The van der Waals surface area contributed by atoms with E-state index in [4.69, 9.17) is 37.3 Å². The van der Waals surface area contributed by atoms with Gasteiger partial charge in [-0.15, -0.1) is 12.3 Å². The van der Waals surface area contributed by atoms with E-state index in [-0.39, 0.29) is 5.82 Å². The summed E-state index contributed by atoms with van der Waals surface area (Å²) in [7, 11) is 0. The van der Waals surface area contributed by atoms with Gasteiger partial charge in [0.1, 0.15) is 17.6 Å². The third-order valence-corrected chi connectivity index (χ3v) is 7.82. The molecule has 9 nitrogen and oxygen atoms in total. The van der Waals surface area contributed by atoms with Crippen LogP contribution in [0.4, 0.5) is 0 Å². The zero-order valence-electron chi connectivity index (χ0n) is 22.6. The van der Waals surface area contributed by atoms with Crippen LogP contribution >= 0.6 is 11.6 Å². The lowest BCUT2D eigenvalue weighted by atomic mass is 9.82. The van der Waals surface area contributed by atoms with Crippen LogP contribution in [0.15, 0.2) is 64.2 Å². The Kier molecular flexibility index (Phi) is 7.68. The number of terminal acetylenes is 1. The predicted octanol–water partition coefficient (Wildman–Crippen LogP) is 6.06. The van der Waals surface area contributed by atoms with Crippen LogP contribution in [0.25, 0.3) is 33.8 Å². The minimum absolute atomic E-state index is 0.210. The number of imidazole rings is 1. The highest BCUT2D eigenvalue weighted by Gasteiger charge is 2.29. The van der Waals surface area contributed by atoms with Crippen molar-refractivity contribution in [3.63, 3.8) is 0 Å². The molecule has 1 aliphatic rings. The number of rotatable bonds is 8. The van der Waals surface area contributed by atoms with Crippen LogP contribution in [0.1, 0.15) is 50.1 Å². The van der Waals surface area contributed by atoms with Crippen LogP contribution in [0.3, 0.4) is 0 Å². The van der Waals surface area contributed by atoms with Crippen molar-refractivity contribution in [3.8, 4) is 35.1 Å². The van der Waals surface area contributed by atoms with Crippen molar-refractivity contribution in [1.29, 1.82) is 0 Å². The SMILES string of the molecule is C#CC1CCC(Cn2c(C(OCC)c3ccccc3)nc3cc(-c4noc(=O)[nH]4)nc(-c4cncc(Cl)c4)c32)CC1. The van der Waals surface area contributed by atoms with Gasteiger partial charge in [-0.3, -0.25) is 14.5 Å². The number of pyridine rings is 2. The number of fused-ring (bicyclic) bond motifs is 1. The summed E-state index contributed by atoms with van der Waals surface area (Å²) in [6.07, 6.45) is 12.7. The molecule has 1 aliphatic carbocycles. The third-order valence-electron chi connectivity index (χ3n) is 7.61. The van der Waals surface area contributed by atoms with E-state index < -0.39 is 11.9 Å². The Morgan fingerprint density at radius 2 is 1.98 bits per heavy atom. The van der Waals surface area contributed by atoms with Crippen molar-refractivity contribution in [2.45, 2.75) is 45.3 Å². The minimum Gasteiger partial charge on any atom is -0.366 e. The topological polar surface area (TPSA) is 112 Å². The van der Waals surface area contributed by atoms with E-state index in [1.54, 1.807) is 12.4 Å². The van der Waals surface area contributed by atoms with Crippen LogP contribution < -0.4 is 5.76 Å². The summed E-state index contributed by atoms with van der Waals surface area (Å²) >= 11 is 6.38. The number of nitrogens with one attached hydrogen (secondary N) is 1. The van der Waals surface area contributed by atoms with Crippen molar-refractivity contribution >= 4 is 22.6 Å². The molecule has 0 aliphatic heterocycles. The Morgan fingerprint density at radius 1 is 1.17 bits per heavy atom. The van der Waals surface area contributed by atoms with Gasteiger partial charge in [-0.25, -0.2) is 14.8 Å². The number of hydrogen-bond acceptors (Lipinski definition) is 7. The number of aromatic amines is 1. The molecule has 6 rings (SSSR count). The van der Waals surface area contributed by atoms with E-state index in [1.807, 2.05) is 49.4 Å². The zero-order chi connectivity index (χ0) is 28.3. The Hall–Kier alpha value is -4.26. The maximum absolute atomic E-state index is 11.8. The van der Waals surface area contributed by atoms with Gasteiger partial charge in [-0.2, -0.15) is 0 Å². The summed E-state index contributed by atoms with van der Waals surface area (Å²) in [6, 6.07) is 13.7. The Bertz CT molecular complexity index is 1760. The molecule has 10 heteroatoms. The number of aromatic nitrogens is 6. The van der Waals surface area contributed by atoms with Crippen LogP contribution in [0, 0.1) is 24.2 Å². The van der Waals surface area contributed by atoms with E-state index >= 15 is 0 Å². The summed E-state index contributed by atoms with van der Waals surface area (Å²) in [5, 5.41) is 4.35. The van der Waals surface area contributed by atoms with Gasteiger partial charge < -0.3 is 9.30 Å². The van der Waals surface area contributed by atoms with Crippen molar-refractivity contribution in [2.24, 2.45) is 11.8 Å². The van der Waals surface area contributed by atoms with Gasteiger partial charge in [0.15, 0.2) is 0 Å². The molecule has 0 bridgehead atoms. The molecular formula is C31H29ClN6O3. The maximum atomic E-state index is 11.8. The first-order valence-corrected chi connectivity index (χ1v) is 14.1. The second-order valence-corrected chi connectivity index (χ2v) is 10.7. The number of nitrogens with zero attached hydrogens (tertiary/aromatic N) is 5.